The van der Waals surface area contributed by atoms with E-state index in [1.54, 1.807) is 0 Å². The third kappa shape index (κ3) is 1.38. The number of carboxylic acid groups (broad SMARTS) is 2. The van der Waals surface area contributed by atoms with Crippen molar-refractivity contribution in [3.63, 3.8) is 0 Å². The van der Waals surface area contributed by atoms with Gasteiger partial charge in [0.1, 0.15) is 0 Å². The number of hydrogen-bond donors (Lipinski definition) is 2. The molecule has 2 aliphatic carbocycles. The summed E-state index contributed by atoms with van der Waals surface area (Å²) in [6.45, 7) is 0. The fourth-order valence-electron chi connectivity index (χ4n) is 3.32. The summed E-state index contributed by atoms with van der Waals surface area (Å²) in [4.78, 5) is 21.5. The number of rotatable bonds is 3. The van der Waals surface area contributed by atoms with Crippen LogP contribution in [0.5, 0.6) is 0 Å². The first-order chi connectivity index (χ1) is 6.59. The molecule has 0 radical (unpaired) electrons. The predicted octanol–water partition coefficient (Wildman–Crippen LogP) is 1.21. The van der Waals surface area contributed by atoms with Crippen molar-refractivity contribution in [3.8, 4) is 0 Å². The van der Waals surface area contributed by atoms with Crippen LogP contribution in [0.4, 0.5) is 0 Å². The molecule has 0 aromatic carbocycles. The van der Waals surface area contributed by atoms with Gasteiger partial charge in [-0.3, -0.25) is 9.59 Å². The van der Waals surface area contributed by atoms with E-state index in [1.165, 1.54) is 0 Å². The molecule has 78 valence electrons. The third-order valence-corrected chi connectivity index (χ3v) is 3.77. The van der Waals surface area contributed by atoms with Crippen LogP contribution in [0.3, 0.4) is 0 Å². The van der Waals surface area contributed by atoms with Gasteiger partial charge in [-0.25, -0.2) is 0 Å². The summed E-state index contributed by atoms with van der Waals surface area (Å²) in [5.74, 6) is -1.33. The average molecular weight is 198 g/mol. The van der Waals surface area contributed by atoms with Crippen LogP contribution in [0.25, 0.3) is 0 Å². The molecule has 2 saturated carbocycles. The van der Waals surface area contributed by atoms with Crippen molar-refractivity contribution in [1.82, 2.24) is 0 Å². The van der Waals surface area contributed by atoms with Gasteiger partial charge < -0.3 is 10.2 Å². The number of carbonyl (C=O) groups is 2. The summed E-state index contributed by atoms with van der Waals surface area (Å²) in [6, 6.07) is 0. The zero-order valence-electron chi connectivity index (χ0n) is 7.85. The summed E-state index contributed by atoms with van der Waals surface area (Å²) in [6.07, 6.45) is 2.82. The predicted molar refractivity (Wildman–Crippen MR) is 47.7 cm³/mol. The van der Waals surface area contributed by atoms with E-state index in [0.717, 1.165) is 19.3 Å². The molecule has 14 heavy (non-hydrogen) atoms. The third-order valence-electron chi connectivity index (χ3n) is 3.77. The Morgan fingerprint density at radius 1 is 1.21 bits per heavy atom. The van der Waals surface area contributed by atoms with E-state index >= 15 is 0 Å². The Kier molecular flexibility index (Phi) is 2.21. The van der Waals surface area contributed by atoms with Crippen molar-refractivity contribution in [2.45, 2.75) is 25.7 Å². The fourth-order valence-corrected chi connectivity index (χ4v) is 3.32. The van der Waals surface area contributed by atoms with Crippen LogP contribution in [-0.2, 0) is 9.59 Å². The Bertz CT molecular complexity index is 273. The summed E-state index contributed by atoms with van der Waals surface area (Å²) in [7, 11) is 0. The standard InChI is InChI=1S/C10H14O4/c11-8(12)4-6-3-5-1-2-7(6)9(5)10(13)14/h5-7,9H,1-4H2,(H,11,12)(H,13,14)/t5-,6+,7-,9-/m1/s1. The van der Waals surface area contributed by atoms with Crippen LogP contribution in [0, 0.1) is 23.7 Å². The minimum atomic E-state index is -0.799. The molecule has 4 nitrogen and oxygen atoms in total. The molecule has 0 aliphatic heterocycles. The van der Waals surface area contributed by atoms with Crippen LogP contribution in [0.1, 0.15) is 25.7 Å². The van der Waals surface area contributed by atoms with Gasteiger partial charge in [0.05, 0.1) is 5.92 Å². The van der Waals surface area contributed by atoms with Gasteiger partial charge in [0.2, 0.25) is 0 Å². The highest BCUT2D eigenvalue weighted by molar-refractivity contribution is 5.72. The van der Waals surface area contributed by atoms with Crippen LogP contribution >= 0.6 is 0 Å². The maximum atomic E-state index is 10.9. The zero-order chi connectivity index (χ0) is 10.3. The monoisotopic (exact) mass is 198 g/mol. The highest BCUT2D eigenvalue weighted by Gasteiger charge is 2.51. The second-order valence-corrected chi connectivity index (χ2v) is 4.46. The largest absolute Gasteiger partial charge is 0.481 e. The lowest BCUT2D eigenvalue weighted by Gasteiger charge is -2.19. The molecule has 2 rings (SSSR count). The Hall–Kier alpha value is -1.06. The summed E-state index contributed by atoms with van der Waals surface area (Å²) >= 11 is 0. The van der Waals surface area contributed by atoms with E-state index < -0.39 is 11.9 Å². The molecule has 2 aliphatic rings. The SMILES string of the molecule is O=C(O)C[C@@H]1C[C@H]2CC[C@H]1[C@@H]2C(=O)O. The molecule has 2 N–H and O–H groups in total. The summed E-state index contributed by atoms with van der Waals surface area (Å²) in [5.41, 5.74) is 0. The molecule has 2 fully saturated rings. The summed E-state index contributed by atoms with van der Waals surface area (Å²) in [5, 5.41) is 17.7. The van der Waals surface area contributed by atoms with Gasteiger partial charge in [0.15, 0.2) is 0 Å². The van der Waals surface area contributed by atoms with Crippen LogP contribution in [0.2, 0.25) is 0 Å². The molecular formula is C10H14O4. The van der Waals surface area contributed by atoms with E-state index in [4.69, 9.17) is 10.2 Å². The van der Waals surface area contributed by atoms with Crippen molar-refractivity contribution < 1.29 is 19.8 Å². The van der Waals surface area contributed by atoms with Gasteiger partial charge in [-0.05, 0) is 37.0 Å². The molecule has 0 aromatic heterocycles. The van der Waals surface area contributed by atoms with Gasteiger partial charge >= 0.3 is 11.9 Å². The number of aliphatic carboxylic acids is 2. The Balaban J connectivity index is 2.07. The lowest BCUT2D eigenvalue weighted by Crippen LogP contribution is -2.21. The van der Waals surface area contributed by atoms with Gasteiger partial charge in [-0.1, -0.05) is 0 Å². The lowest BCUT2D eigenvalue weighted by molar-refractivity contribution is -0.144. The van der Waals surface area contributed by atoms with E-state index in [9.17, 15) is 9.59 Å². The molecule has 0 saturated heterocycles. The first kappa shape index (κ1) is 9.49. The van der Waals surface area contributed by atoms with Gasteiger partial charge in [0.25, 0.3) is 0 Å². The van der Waals surface area contributed by atoms with Gasteiger partial charge in [-0.15, -0.1) is 0 Å². The highest BCUT2D eigenvalue weighted by Crippen LogP contribution is 2.53. The molecule has 0 spiro atoms. The smallest absolute Gasteiger partial charge is 0.307 e. The molecular weight excluding hydrogens is 184 g/mol. The van der Waals surface area contributed by atoms with Crippen molar-refractivity contribution in [2.24, 2.45) is 23.7 Å². The molecule has 4 heteroatoms. The Morgan fingerprint density at radius 3 is 2.43 bits per heavy atom. The molecule has 0 aromatic rings. The normalized spacial score (nSPS) is 40.0. The van der Waals surface area contributed by atoms with E-state index in [-0.39, 0.29) is 30.1 Å². The number of hydrogen-bond acceptors (Lipinski definition) is 2. The number of fused-ring (bicyclic) bond motifs is 2. The van der Waals surface area contributed by atoms with Gasteiger partial charge in [-0.2, -0.15) is 0 Å². The maximum Gasteiger partial charge on any atom is 0.307 e. The minimum absolute atomic E-state index is 0.104. The van der Waals surface area contributed by atoms with Crippen molar-refractivity contribution in [3.05, 3.63) is 0 Å². The van der Waals surface area contributed by atoms with Gasteiger partial charge in [0, 0.05) is 6.42 Å². The summed E-state index contributed by atoms with van der Waals surface area (Å²) < 4.78 is 0. The maximum absolute atomic E-state index is 10.9. The van der Waals surface area contributed by atoms with Crippen molar-refractivity contribution in [1.29, 1.82) is 0 Å². The van der Waals surface area contributed by atoms with E-state index in [0.29, 0.717) is 0 Å². The zero-order valence-corrected chi connectivity index (χ0v) is 7.85. The first-order valence-corrected chi connectivity index (χ1v) is 5.04. The molecule has 4 atom stereocenters. The number of carboxylic acids is 2. The molecule has 0 amide bonds. The Labute approximate surface area is 81.9 Å². The first-order valence-electron chi connectivity index (χ1n) is 5.04. The molecule has 0 heterocycles. The second-order valence-electron chi connectivity index (χ2n) is 4.46. The Morgan fingerprint density at radius 2 is 1.93 bits per heavy atom. The fraction of sp³-hybridized carbons (Fsp3) is 0.800. The highest BCUT2D eigenvalue weighted by atomic mass is 16.4. The second kappa shape index (κ2) is 3.26. The lowest BCUT2D eigenvalue weighted by atomic mass is 9.86. The van der Waals surface area contributed by atoms with Crippen LogP contribution in [-0.4, -0.2) is 22.2 Å². The van der Waals surface area contributed by atoms with Crippen molar-refractivity contribution >= 4 is 11.9 Å². The molecule has 0 unspecified atom stereocenters. The van der Waals surface area contributed by atoms with E-state index in [2.05, 4.69) is 0 Å². The van der Waals surface area contributed by atoms with E-state index in [1.807, 2.05) is 0 Å². The quantitative estimate of drug-likeness (QED) is 0.714. The average Bonchev–Trinajstić information content (AvgIpc) is 2.58. The van der Waals surface area contributed by atoms with Crippen LogP contribution < -0.4 is 0 Å². The van der Waals surface area contributed by atoms with Crippen molar-refractivity contribution in [2.75, 3.05) is 0 Å². The minimum Gasteiger partial charge on any atom is -0.481 e. The molecule has 2 bridgehead atoms. The van der Waals surface area contributed by atoms with Crippen LogP contribution in [0.15, 0.2) is 0 Å². The topological polar surface area (TPSA) is 74.6 Å².